The first kappa shape index (κ1) is 6.51. The molecule has 0 N–H and O–H groups in total. The third kappa shape index (κ3) is 0.816. The van der Waals surface area contributed by atoms with E-state index in [1.54, 1.807) is 44.9 Å². The highest BCUT2D eigenvalue weighted by molar-refractivity contribution is 4.95. The van der Waals surface area contributed by atoms with Crippen LogP contribution in [0.25, 0.3) is 0 Å². The lowest BCUT2D eigenvalue weighted by atomic mass is 9.60. The smallest absolute Gasteiger partial charge is 0.0355 e. The van der Waals surface area contributed by atoms with Crippen molar-refractivity contribution in [3.8, 4) is 0 Å². The summed E-state index contributed by atoms with van der Waals surface area (Å²) in [7, 11) is 0. The minimum absolute atomic E-state index is 1.17. The zero-order valence-corrected chi connectivity index (χ0v) is 7.26. The van der Waals surface area contributed by atoms with Crippen LogP contribution in [-0.2, 0) is 0 Å². The Morgan fingerprint density at radius 2 is 1.00 bits per heavy atom. The van der Waals surface area contributed by atoms with Crippen molar-refractivity contribution in [3.63, 3.8) is 0 Å². The van der Waals surface area contributed by atoms with Crippen LogP contribution >= 0.6 is 0 Å². The van der Waals surface area contributed by atoms with Gasteiger partial charge in [-0.2, -0.15) is 0 Å². The summed E-state index contributed by atoms with van der Waals surface area (Å²) in [6, 6.07) is 0. The topological polar surface area (TPSA) is 0 Å². The third-order valence-electron chi connectivity index (χ3n) is 4.65. The van der Waals surface area contributed by atoms with Crippen LogP contribution in [0.2, 0.25) is 0 Å². The molecule has 11 heavy (non-hydrogen) atoms. The second-order valence-electron chi connectivity index (χ2n) is 4.93. The number of hydrogen-bond acceptors (Lipinski definition) is 0. The third-order valence-corrected chi connectivity index (χ3v) is 4.65. The van der Waals surface area contributed by atoms with Gasteiger partial charge in [-0.25, -0.2) is 0 Å². The molecule has 4 fully saturated rings. The molecule has 0 aliphatic heterocycles. The van der Waals surface area contributed by atoms with E-state index in [1.165, 1.54) is 23.7 Å². The van der Waals surface area contributed by atoms with Crippen molar-refractivity contribution in [2.45, 2.75) is 44.9 Å². The van der Waals surface area contributed by atoms with Gasteiger partial charge in [0.1, 0.15) is 0 Å². The lowest BCUT2D eigenvalue weighted by Crippen LogP contribution is -2.36. The molecule has 4 aliphatic carbocycles. The van der Waals surface area contributed by atoms with Gasteiger partial charge in [0, 0.05) is 0 Å². The monoisotopic (exact) mass is 150 g/mol. The van der Waals surface area contributed by atoms with E-state index in [2.05, 4.69) is 0 Å². The van der Waals surface area contributed by atoms with Gasteiger partial charge in [0.15, 0.2) is 0 Å². The lowest BCUT2D eigenvalue weighted by Gasteiger charge is -2.45. The van der Waals surface area contributed by atoms with Crippen LogP contribution in [0, 0.1) is 23.7 Å². The van der Waals surface area contributed by atoms with Crippen LogP contribution in [0.1, 0.15) is 44.9 Å². The van der Waals surface area contributed by atoms with Gasteiger partial charge in [-0.05, 0) is 62.2 Å². The molecule has 4 saturated carbocycles. The standard InChI is InChI=1S/C11H18/c1-2-10-8-4-6-9(7-5-8)11(10)3-1/h8-11H,1-7H2/t8?,9?,10-,11-/m0/s1. The first-order chi connectivity index (χ1) is 5.45. The Kier molecular flexibility index (Phi) is 1.33. The average molecular weight is 150 g/mol. The molecule has 0 nitrogen and oxygen atoms in total. The summed E-state index contributed by atoms with van der Waals surface area (Å²) >= 11 is 0. The predicted molar refractivity (Wildman–Crippen MR) is 46.3 cm³/mol. The molecule has 0 unspecified atom stereocenters. The van der Waals surface area contributed by atoms with Gasteiger partial charge < -0.3 is 0 Å². The zero-order chi connectivity index (χ0) is 7.26. The summed E-state index contributed by atoms with van der Waals surface area (Å²) in [6.45, 7) is 0. The molecule has 0 spiro atoms. The van der Waals surface area contributed by atoms with Gasteiger partial charge in [-0.3, -0.25) is 0 Å². The molecular weight excluding hydrogens is 132 g/mol. The lowest BCUT2D eigenvalue weighted by molar-refractivity contribution is 0.0455. The normalized spacial score (nSPS) is 54.5. The van der Waals surface area contributed by atoms with E-state index in [1.807, 2.05) is 0 Å². The van der Waals surface area contributed by atoms with Crippen molar-refractivity contribution in [1.82, 2.24) is 0 Å². The molecule has 2 atom stereocenters. The Morgan fingerprint density at radius 3 is 1.45 bits per heavy atom. The Bertz CT molecular complexity index is 135. The minimum Gasteiger partial charge on any atom is -0.0527 e. The highest BCUT2D eigenvalue weighted by atomic mass is 14.5. The molecule has 4 aliphatic rings. The minimum atomic E-state index is 1.17. The molecule has 0 saturated heterocycles. The van der Waals surface area contributed by atoms with Crippen molar-refractivity contribution in [2.75, 3.05) is 0 Å². The van der Waals surface area contributed by atoms with Crippen molar-refractivity contribution in [2.24, 2.45) is 23.7 Å². The van der Waals surface area contributed by atoms with Gasteiger partial charge >= 0.3 is 0 Å². The maximum absolute atomic E-state index is 1.59. The Labute approximate surface area is 69.4 Å². The number of hydrogen-bond donors (Lipinski definition) is 0. The molecule has 2 bridgehead atoms. The van der Waals surface area contributed by atoms with Crippen molar-refractivity contribution >= 4 is 0 Å². The fourth-order valence-corrected chi connectivity index (χ4v) is 4.19. The molecule has 0 amide bonds. The van der Waals surface area contributed by atoms with Crippen molar-refractivity contribution in [3.05, 3.63) is 0 Å². The maximum Gasteiger partial charge on any atom is -0.0355 e. The van der Waals surface area contributed by atoms with Crippen molar-refractivity contribution < 1.29 is 0 Å². The quantitative estimate of drug-likeness (QED) is 0.497. The number of fused-ring (bicyclic) bond motifs is 2. The molecule has 0 heterocycles. The van der Waals surface area contributed by atoms with E-state index in [0.717, 1.165) is 0 Å². The molecule has 0 aromatic heterocycles. The predicted octanol–water partition coefficient (Wildman–Crippen LogP) is 3.22. The summed E-state index contributed by atoms with van der Waals surface area (Å²) in [5.74, 6) is 4.74. The first-order valence-corrected chi connectivity index (χ1v) is 5.45. The summed E-state index contributed by atoms with van der Waals surface area (Å²) < 4.78 is 0. The fraction of sp³-hybridized carbons (Fsp3) is 1.00. The van der Waals surface area contributed by atoms with Crippen LogP contribution in [0.15, 0.2) is 0 Å². The van der Waals surface area contributed by atoms with E-state index in [9.17, 15) is 0 Å². The Hall–Kier alpha value is 0. The van der Waals surface area contributed by atoms with E-state index in [-0.39, 0.29) is 0 Å². The van der Waals surface area contributed by atoms with Crippen LogP contribution < -0.4 is 0 Å². The summed E-state index contributed by atoms with van der Waals surface area (Å²) in [5.41, 5.74) is 0. The van der Waals surface area contributed by atoms with Crippen molar-refractivity contribution in [1.29, 1.82) is 0 Å². The number of rotatable bonds is 0. The van der Waals surface area contributed by atoms with E-state index in [4.69, 9.17) is 0 Å². The second kappa shape index (κ2) is 2.24. The Morgan fingerprint density at radius 1 is 0.545 bits per heavy atom. The summed E-state index contributed by atoms with van der Waals surface area (Å²) in [6.07, 6.45) is 11.1. The van der Waals surface area contributed by atoms with E-state index in [0.29, 0.717) is 0 Å². The highest BCUT2D eigenvalue weighted by Gasteiger charge is 2.45. The van der Waals surface area contributed by atoms with Gasteiger partial charge in [0.25, 0.3) is 0 Å². The van der Waals surface area contributed by atoms with Gasteiger partial charge in [0.05, 0.1) is 0 Å². The molecule has 0 heteroatoms. The summed E-state index contributed by atoms with van der Waals surface area (Å²) in [5, 5.41) is 0. The van der Waals surface area contributed by atoms with E-state index < -0.39 is 0 Å². The molecule has 4 rings (SSSR count). The van der Waals surface area contributed by atoms with Crippen LogP contribution in [0.4, 0.5) is 0 Å². The SMILES string of the molecule is C1C[C@H]2C3CCC(CC3)[C@@H]2C1. The maximum atomic E-state index is 1.59. The van der Waals surface area contributed by atoms with Gasteiger partial charge in [-0.1, -0.05) is 6.42 Å². The summed E-state index contributed by atoms with van der Waals surface area (Å²) in [4.78, 5) is 0. The first-order valence-electron chi connectivity index (χ1n) is 5.45. The van der Waals surface area contributed by atoms with Gasteiger partial charge in [0.2, 0.25) is 0 Å². The second-order valence-corrected chi connectivity index (χ2v) is 4.93. The molecule has 0 radical (unpaired) electrons. The van der Waals surface area contributed by atoms with E-state index >= 15 is 0 Å². The molecule has 62 valence electrons. The molecule has 0 aromatic carbocycles. The van der Waals surface area contributed by atoms with Crippen LogP contribution in [0.5, 0.6) is 0 Å². The molecule has 0 aromatic rings. The molecular formula is C11H18. The van der Waals surface area contributed by atoms with Gasteiger partial charge in [-0.15, -0.1) is 0 Å². The largest absolute Gasteiger partial charge is 0.0527 e. The Balaban J connectivity index is 1.89. The highest BCUT2D eigenvalue weighted by Crippen LogP contribution is 2.55. The van der Waals surface area contributed by atoms with Crippen LogP contribution in [0.3, 0.4) is 0 Å². The average Bonchev–Trinajstić information content (AvgIpc) is 2.55. The fourth-order valence-electron chi connectivity index (χ4n) is 4.19. The van der Waals surface area contributed by atoms with Crippen LogP contribution in [-0.4, -0.2) is 0 Å². The zero-order valence-electron chi connectivity index (χ0n) is 7.26.